The van der Waals surface area contributed by atoms with Crippen molar-refractivity contribution in [2.75, 3.05) is 27.3 Å². The number of nitrogens with one attached hydrogen (secondary N) is 1. The number of benzene rings is 2. The summed E-state index contributed by atoms with van der Waals surface area (Å²) in [6, 6.07) is 14.8. The molecule has 0 radical (unpaired) electrons. The second kappa shape index (κ2) is 8.99. The molecule has 1 aliphatic rings. The number of rotatable bonds is 6. The molecule has 1 atom stereocenters. The summed E-state index contributed by atoms with van der Waals surface area (Å²) in [6.07, 6.45) is 1.53. The number of hydrogen-bond donors (Lipinski definition) is 1. The lowest BCUT2D eigenvalue weighted by Gasteiger charge is -2.39. The van der Waals surface area contributed by atoms with Gasteiger partial charge in [0.1, 0.15) is 11.5 Å². The van der Waals surface area contributed by atoms with Crippen LogP contribution in [0.4, 0.5) is 0 Å². The molecule has 2 aromatic rings. The first-order chi connectivity index (χ1) is 14.0. The van der Waals surface area contributed by atoms with Crippen molar-refractivity contribution in [3.05, 3.63) is 59.7 Å². The van der Waals surface area contributed by atoms with Crippen LogP contribution in [0.2, 0.25) is 0 Å². The van der Waals surface area contributed by atoms with Gasteiger partial charge in [0.25, 0.3) is 5.91 Å². The molecule has 0 aliphatic carbocycles. The lowest BCUT2D eigenvalue weighted by molar-refractivity contribution is -0.132. The SMILES string of the molecule is COc1ccc(CNC(=O)[C@]2(C)CCCN(C(=O)c3ccccc3OC)C2)cc1. The van der Waals surface area contributed by atoms with E-state index in [1.165, 1.54) is 0 Å². The van der Waals surface area contributed by atoms with Crippen molar-refractivity contribution in [3.63, 3.8) is 0 Å². The Hall–Kier alpha value is -3.02. The van der Waals surface area contributed by atoms with Gasteiger partial charge in [0, 0.05) is 19.6 Å². The molecular formula is C23H28N2O4. The van der Waals surface area contributed by atoms with Gasteiger partial charge in [-0.1, -0.05) is 24.3 Å². The van der Waals surface area contributed by atoms with E-state index in [2.05, 4.69) is 5.32 Å². The average molecular weight is 396 g/mol. The van der Waals surface area contributed by atoms with E-state index >= 15 is 0 Å². The summed E-state index contributed by atoms with van der Waals surface area (Å²) in [6.45, 7) is 3.40. The Morgan fingerprint density at radius 2 is 1.79 bits per heavy atom. The van der Waals surface area contributed by atoms with Crippen molar-refractivity contribution in [3.8, 4) is 11.5 Å². The molecule has 1 aliphatic heterocycles. The maximum Gasteiger partial charge on any atom is 0.257 e. The van der Waals surface area contributed by atoms with Gasteiger partial charge in [0.05, 0.1) is 25.2 Å². The molecule has 1 N–H and O–H groups in total. The summed E-state index contributed by atoms with van der Waals surface area (Å²) in [5, 5.41) is 3.03. The van der Waals surface area contributed by atoms with E-state index in [0.29, 0.717) is 30.9 Å². The Kier molecular flexibility index (Phi) is 6.42. The summed E-state index contributed by atoms with van der Waals surface area (Å²) in [5.74, 6) is 1.20. The molecule has 1 heterocycles. The van der Waals surface area contributed by atoms with Crippen LogP contribution in [-0.4, -0.2) is 44.0 Å². The van der Waals surface area contributed by atoms with E-state index < -0.39 is 5.41 Å². The standard InChI is InChI=1S/C23H28N2O4/c1-23(22(27)24-15-17-9-11-18(28-2)12-10-17)13-6-14-25(16-23)21(26)19-7-4-5-8-20(19)29-3/h4-5,7-12H,6,13-16H2,1-3H3,(H,24,27)/t23-/m1/s1. The van der Waals surface area contributed by atoms with Gasteiger partial charge in [-0.3, -0.25) is 9.59 Å². The van der Waals surface area contributed by atoms with Gasteiger partial charge in [-0.25, -0.2) is 0 Å². The molecule has 6 nitrogen and oxygen atoms in total. The van der Waals surface area contributed by atoms with Gasteiger partial charge in [0.2, 0.25) is 5.91 Å². The minimum absolute atomic E-state index is 0.0363. The van der Waals surface area contributed by atoms with Gasteiger partial charge >= 0.3 is 0 Å². The van der Waals surface area contributed by atoms with Gasteiger partial charge < -0.3 is 19.7 Å². The van der Waals surface area contributed by atoms with Crippen LogP contribution in [0.3, 0.4) is 0 Å². The van der Waals surface area contributed by atoms with Crippen LogP contribution in [0.5, 0.6) is 11.5 Å². The lowest BCUT2D eigenvalue weighted by Crippen LogP contribution is -2.51. The quantitative estimate of drug-likeness (QED) is 0.814. The monoisotopic (exact) mass is 396 g/mol. The van der Waals surface area contributed by atoms with Crippen molar-refractivity contribution in [2.45, 2.75) is 26.3 Å². The van der Waals surface area contributed by atoms with Crippen molar-refractivity contribution in [2.24, 2.45) is 5.41 Å². The van der Waals surface area contributed by atoms with E-state index in [1.807, 2.05) is 43.3 Å². The molecule has 2 amide bonds. The summed E-state index contributed by atoms with van der Waals surface area (Å²) in [7, 11) is 3.18. The zero-order valence-electron chi connectivity index (χ0n) is 17.2. The third-order valence-electron chi connectivity index (χ3n) is 5.48. The highest BCUT2D eigenvalue weighted by molar-refractivity contribution is 5.97. The van der Waals surface area contributed by atoms with Crippen LogP contribution in [0.15, 0.2) is 48.5 Å². The molecule has 1 saturated heterocycles. The number of ether oxygens (including phenoxy) is 2. The second-order valence-electron chi connectivity index (χ2n) is 7.62. The van der Waals surface area contributed by atoms with Gasteiger partial charge in [0.15, 0.2) is 0 Å². The fourth-order valence-corrected chi connectivity index (χ4v) is 3.73. The predicted molar refractivity (Wildman–Crippen MR) is 111 cm³/mol. The maximum absolute atomic E-state index is 13.0. The molecule has 1 fully saturated rings. The second-order valence-corrected chi connectivity index (χ2v) is 7.62. The number of para-hydroxylation sites is 1. The molecule has 3 rings (SSSR count). The summed E-state index contributed by atoms with van der Waals surface area (Å²) < 4.78 is 10.5. The van der Waals surface area contributed by atoms with Gasteiger partial charge in [-0.2, -0.15) is 0 Å². The fraction of sp³-hybridized carbons (Fsp3) is 0.391. The zero-order chi connectivity index (χ0) is 20.9. The first-order valence-corrected chi connectivity index (χ1v) is 9.80. The molecular weight excluding hydrogens is 368 g/mol. The van der Waals surface area contributed by atoms with E-state index in [1.54, 1.807) is 31.3 Å². The molecule has 154 valence electrons. The van der Waals surface area contributed by atoms with E-state index in [0.717, 1.165) is 24.2 Å². The van der Waals surface area contributed by atoms with Crippen LogP contribution in [0, 0.1) is 5.41 Å². The first-order valence-electron chi connectivity index (χ1n) is 9.80. The predicted octanol–water partition coefficient (Wildman–Crippen LogP) is 3.26. The number of piperidine rings is 1. The highest BCUT2D eigenvalue weighted by atomic mass is 16.5. The number of methoxy groups -OCH3 is 2. The van der Waals surface area contributed by atoms with Crippen LogP contribution >= 0.6 is 0 Å². The van der Waals surface area contributed by atoms with Crippen LogP contribution in [-0.2, 0) is 11.3 Å². The number of carbonyl (C=O) groups is 2. The van der Waals surface area contributed by atoms with E-state index in [9.17, 15) is 9.59 Å². The minimum atomic E-state index is -0.623. The Morgan fingerprint density at radius 3 is 2.48 bits per heavy atom. The Labute approximate surface area is 171 Å². The lowest BCUT2D eigenvalue weighted by atomic mass is 9.80. The smallest absolute Gasteiger partial charge is 0.257 e. The van der Waals surface area contributed by atoms with E-state index in [-0.39, 0.29) is 11.8 Å². The zero-order valence-corrected chi connectivity index (χ0v) is 17.2. The summed E-state index contributed by atoms with van der Waals surface area (Å²) >= 11 is 0. The van der Waals surface area contributed by atoms with Gasteiger partial charge in [-0.05, 0) is 49.6 Å². The fourth-order valence-electron chi connectivity index (χ4n) is 3.73. The van der Waals surface area contributed by atoms with Crippen LogP contribution < -0.4 is 14.8 Å². The highest BCUT2D eigenvalue weighted by Gasteiger charge is 2.39. The molecule has 6 heteroatoms. The third-order valence-corrected chi connectivity index (χ3v) is 5.48. The number of amides is 2. The summed E-state index contributed by atoms with van der Waals surface area (Å²) in [4.78, 5) is 27.7. The van der Waals surface area contributed by atoms with Crippen LogP contribution in [0.25, 0.3) is 0 Å². The number of hydrogen-bond acceptors (Lipinski definition) is 4. The minimum Gasteiger partial charge on any atom is -0.497 e. The molecule has 0 spiro atoms. The van der Waals surface area contributed by atoms with Crippen molar-refractivity contribution in [1.82, 2.24) is 10.2 Å². The van der Waals surface area contributed by atoms with Gasteiger partial charge in [-0.15, -0.1) is 0 Å². The molecule has 0 bridgehead atoms. The number of carbonyl (C=O) groups excluding carboxylic acids is 2. The number of nitrogens with zero attached hydrogens (tertiary/aromatic N) is 1. The summed E-state index contributed by atoms with van der Waals surface area (Å²) in [5.41, 5.74) is 0.904. The Balaban J connectivity index is 1.65. The first kappa shape index (κ1) is 20.7. The van der Waals surface area contributed by atoms with Crippen molar-refractivity contribution < 1.29 is 19.1 Å². The van der Waals surface area contributed by atoms with Crippen molar-refractivity contribution >= 4 is 11.8 Å². The molecule has 0 unspecified atom stereocenters. The Morgan fingerprint density at radius 1 is 1.07 bits per heavy atom. The normalized spacial score (nSPS) is 18.8. The van der Waals surface area contributed by atoms with E-state index in [4.69, 9.17) is 9.47 Å². The molecule has 0 saturated carbocycles. The molecule has 29 heavy (non-hydrogen) atoms. The largest absolute Gasteiger partial charge is 0.497 e. The maximum atomic E-state index is 13.0. The topological polar surface area (TPSA) is 67.9 Å². The number of likely N-dealkylation sites (tertiary alicyclic amines) is 1. The van der Waals surface area contributed by atoms with Crippen LogP contribution in [0.1, 0.15) is 35.7 Å². The third kappa shape index (κ3) is 4.70. The Bertz CT molecular complexity index is 865. The molecule has 2 aromatic carbocycles. The highest BCUT2D eigenvalue weighted by Crippen LogP contribution is 2.32. The average Bonchev–Trinajstić information content (AvgIpc) is 2.77. The molecule has 0 aromatic heterocycles. The van der Waals surface area contributed by atoms with Crippen molar-refractivity contribution in [1.29, 1.82) is 0 Å².